The van der Waals surface area contributed by atoms with Crippen molar-refractivity contribution < 1.29 is 9.90 Å². The van der Waals surface area contributed by atoms with Crippen LogP contribution in [0.3, 0.4) is 0 Å². The van der Waals surface area contributed by atoms with Crippen LogP contribution in [0.1, 0.15) is 27.2 Å². The van der Waals surface area contributed by atoms with Crippen LogP contribution in [0.5, 0.6) is 0 Å². The zero-order valence-electron chi connectivity index (χ0n) is 6.79. The van der Waals surface area contributed by atoms with Gasteiger partial charge in [0, 0.05) is 13.5 Å². The van der Waals surface area contributed by atoms with Crippen LogP contribution in [0.15, 0.2) is 0 Å². The molecule has 1 atom stereocenters. The van der Waals surface area contributed by atoms with Gasteiger partial charge < -0.3 is 10.0 Å². The molecule has 1 N–H and O–H groups in total. The molecule has 0 aliphatic carbocycles. The summed E-state index contributed by atoms with van der Waals surface area (Å²) in [6, 6.07) is 0. The van der Waals surface area contributed by atoms with E-state index in [4.69, 9.17) is 5.11 Å². The number of hydrogen-bond acceptors (Lipinski definition) is 2. The second kappa shape index (κ2) is 4.28. The monoisotopic (exact) mass is 145 g/mol. The normalized spacial score (nSPS) is 12.8. The quantitative estimate of drug-likeness (QED) is 0.590. The highest BCUT2D eigenvalue weighted by atomic mass is 16.3. The maximum atomic E-state index is 10.7. The summed E-state index contributed by atoms with van der Waals surface area (Å²) in [5.74, 6) is -0.0724. The number of aliphatic hydroxyl groups is 1. The fourth-order valence-electron chi connectivity index (χ4n) is 0.848. The van der Waals surface area contributed by atoms with Gasteiger partial charge in [0.05, 0.1) is 0 Å². The molecule has 0 fully saturated rings. The zero-order valence-corrected chi connectivity index (χ0v) is 6.79. The topological polar surface area (TPSA) is 40.5 Å². The minimum absolute atomic E-state index is 0.0724. The van der Waals surface area contributed by atoms with Gasteiger partial charge in [0.15, 0.2) is 0 Å². The van der Waals surface area contributed by atoms with Gasteiger partial charge in [-0.3, -0.25) is 4.79 Å². The zero-order chi connectivity index (χ0) is 8.15. The van der Waals surface area contributed by atoms with Crippen molar-refractivity contribution in [3.05, 3.63) is 0 Å². The van der Waals surface area contributed by atoms with Crippen LogP contribution >= 0.6 is 0 Å². The molecule has 3 heteroatoms. The number of amides is 1. The summed E-state index contributed by atoms with van der Waals surface area (Å²) in [4.78, 5) is 12.2. The summed E-state index contributed by atoms with van der Waals surface area (Å²) in [6.07, 6.45) is 0.224. The number of rotatable bonds is 3. The van der Waals surface area contributed by atoms with E-state index in [1.807, 2.05) is 6.92 Å². The molecule has 60 valence electrons. The van der Waals surface area contributed by atoms with E-state index < -0.39 is 6.23 Å². The van der Waals surface area contributed by atoms with Crippen LogP contribution in [0.25, 0.3) is 0 Å². The Morgan fingerprint density at radius 1 is 1.70 bits per heavy atom. The van der Waals surface area contributed by atoms with Crippen LogP contribution in [-0.4, -0.2) is 28.7 Å². The summed E-state index contributed by atoms with van der Waals surface area (Å²) < 4.78 is 0. The highest BCUT2D eigenvalue weighted by Crippen LogP contribution is 1.96. The van der Waals surface area contributed by atoms with Gasteiger partial charge >= 0.3 is 0 Å². The van der Waals surface area contributed by atoms with Crippen LogP contribution in [0, 0.1) is 0 Å². The summed E-state index contributed by atoms with van der Waals surface area (Å²) in [6.45, 7) is 5.66. The first-order valence-corrected chi connectivity index (χ1v) is 3.54. The van der Waals surface area contributed by atoms with E-state index in [0.29, 0.717) is 6.54 Å². The molecule has 0 aromatic rings. The van der Waals surface area contributed by atoms with E-state index in [2.05, 4.69) is 0 Å². The second-order valence-corrected chi connectivity index (χ2v) is 2.34. The Bertz CT molecular complexity index is 112. The van der Waals surface area contributed by atoms with Crippen LogP contribution in [0.2, 0.25) is 0 Å². The van der Waals surface area contributed by atoms with Crippen LogP contribution in [0.4, 0.5) is 0 Å². The van der Waals surface area contributed by atoms with E-state index in [9.17, 15) is 4.79 Å². The number of carbonyl (C=O) groups is 1. The van der Waals surface area contributed by atoms with E-state index >= 15 is 0 Å². The molecular weight excluding hydrogens is 130 g/mol. The smallest absolute Gasteiger partial charge is 0.221 e. The SMILES string of the molecule is CCCN(C(C)=O)C(C)O. The van der Waals surface area contributed by atoms with Gasteiger partial charge in [-0.25, -0.2) is 0 Å². The van der Waals surface area contributed by atoms with E-state index in [1.54, 1.807) is 6.92 Å². The molecule has 1 amide bonds. The highest BCUT2D eigenvalue weighted by molar-refractivity contribution is 5.73. The van der Waals surface area contributed by atoms with Gasteiger partial charge in [-0.2, -0.15) is 0 Å². The van der Waals surface area contributed by atoms with E-state index in [1.165, 1.54) is 11.8 Å². The minimum atomic E-state index is -0.655. The molecule has 0 aliphatic rings. The molecule has 10 heavy (non-hydrogen) atoms. The maximum Gasteiger partial charge on any atom is 0.221 e. The van der Waals surface area contributed by atoms with Gasteiger partial charge in [-0.05, 0) is 13.3 Å². The van der Waals surface area contributed by atoms with Gasteiger partial charge in [0.1, 0.15) is 6.23 Å². The van der Waals surface area contributed by atoms with Crippen molar-refractivity contribution in [3.63, 3.8) is 0 Å². The summed E-state index contributed by atoms with van der Waals surface area (Å²) in [5, 5.41) is 9.02. The van der Waals surface area contributed by atoms with Crippen molar-refractivity contribution >= 4 is 5.91 Å². The predicted molar refractivity (Wildman–Crippen MR) is 39.4 cm³/mol. The molecular formula is C7H15NO2. The molecule has 0 aliphatic heterocycles. The number of hydrogen-bond donors (Lipinski definition) is 1. The molecule has 0 radical (unpaired) electrons. The standard InChI is InChI=1S/C7H15NO2/c1-4-5-8(6(2)9)7(3)10/h6,9H,4-5H2,1-3H3. The molecule has 0 saturated heterocycles. The van der Waals surface area contributed by atoms with E-state index in [-0.39, 0.29) is 5.91 Å². The van der Waals surface area contributed by atoms with Gasteiger partial charge in [0.25, 0.3) is 0 Å². The van der Waals surface area contributed by atoms with Crippen molar-refractivity contribution in [1.82, 2.24) is 4.90 Å². The fourth-order valence-corrected chi connectivity index (χ4v) is 0.848. The van der Waals surface area contributed by atoms with Gasteiger partial charge in [0.2, 0.25) is 5.91 Å². The summed E-state index contributed by atoms with van der Waals surface area (Å²) >= 11 is 0. The Morgan fingerprint density at radius 3 is 2.30 bits per heavy atom. The Kier molecular flexibility index (Phi) is 4.03. The van der Waals surface area contributed by atoms with Crippen molar-refractivity contribution in [3.8, 4) is 0 Å². The lowest BCUT2D eigenvalue weighted by Gasteiger charge is -2.22. The predicted octanol–water partition coefficient (Wildman–Crippen LogP) is 0.583. The molecule has 1 unspecified atom stereocenters. The minimum Gasteiger partial charge on any atom is -0.374 e. The van der Waals surface area contributed by atoms with Crippen molar-refractivity contribution in [2.45, 2.75) is 33.4 Å². The number of carbonyl (C=O) groups excluding carboxylic acids is 1. The van der Waals surface area contributed by atoms with Gasteiger partial charge in [-0.1, -0.05) is 6.92 Å². The van der Waals surface area contributed by atoms with Crippen LogP contribution in [-0.2, 0) is 4.79 Å². The lowest BCUT2D eigenvalue weighted by molar-refractivity contribution is -0.137. The molecule has 3 nitrogen and oxygen atoms in total. The average Bonchev–Trinajstić information content (AvgIpc) is 1.81. The first-order valence-electron chi connectivity index (χ1n) is 3.54. The second-order valence-electron chi connectivity index (χ2n) is 2.34. The molecule has 0 bridgehead atoms. The highest BCUT2D eigenvalue weighted by Gasteiger charge is 2.11. The molecule has 0 aromatic heterocycles. The third-order valence-corrected chi connectivity index (χ3v) is 1.32. The fraction of sp³-hybridized carbons (Fsp3) is 0.857. The molecule has 0 heterocycles. The lowest BCUT2D eigenvalue weighted by Crippen LogP contribution is -2.37. The third kappa shape index (κ3) is 2.82. The third-order valence-electron chi connectivity index (χ3n) is 1.32. The largest absolute Gasteiger partial charge is 0.374 e. The van der Waals surface area contributed by atoms with Gasteiger partial charge in [-0.15, -0.1) is 0 Å². The van der Waals surface area contributed by atoms with Crippen molar-refractivity contribution in [1.29, 1.82) is 0 Å². The Hall–Kier alpha value is -0.570. The summed E-state index contributed by atoms with van der Waals surface area (Å²) in [5.41, 5.74) is 0. The van der Waals surface area contributed by atoms with Crippen molar-refractivity contribution in [2.75, 3.05) is 6.54 Å². The molecule has 0 spiro atoms. The Balaban J connectivity index is 3.85. The van der Waals surface area contributed by atoms with Crippen molar-refractivity contribution in [2.24, 2.45) is 0 Å². The first-order chi connectivity index (χ1) is 4.59. The van der Waals surface area contributed by atoms with Crippen LogP contribution < -0.4 is 0 Å². The number of aliphatic hydroxyl groups excluding tert-OH is 1. The first kappa shape index (κ1) is 9.43. The molecule has 0 saturated carbocycles. The Morgan fingerprint density at radius 2 is 2.20 bits per heavy atom. The summed E-state index contributed by atoms with van der Waals surface area (Å²) in [7, 11) is 0. The lowest BCUT2D eigenvalue weighted by atomic mass is 10.4. The van der Waals surface area contributed by atoms with E-state index in [0.717, 1.165) is 6.42 Å². The molecule has 0 rings (SSSR count). The number of nitrogens with zero attached hydrogens (tertiary/aromatic N) is 1. The average molecular weight is 145 g/mol. The molecule has 0 aromatic carbocycles. The Labute approximate surface area is 61.6 Å². The maximum absolute atomic E-state index is 10.7.